The summed E-state index contributed by atoms with van der Waals surface area (Å²) in [7, 11) is 0. The predicted molar refractivity (Wildman–Crippen MR) is 68.2 cm³/mol. The summed E-state index contributed by atoms with van der Waals surface area (Å²) in [6.07, 6.45) is 0. The lowest BCUT2D eigenvalue weighted by molar-refractivity contribution is -0.384. The van der Waals surface area contributed by atoms with Gasteiger partial charge in [-0.1, -0.05) is 0 Å². The number of hydrogen-bond donors (Lipinski definition) is 1. The molecule has 0 bridgehead atoms. The van der Waals surface area contributed by atoms with Crippen LogP contribution in [0, 0.1) is 10.1 Å². The molecule has 1 aromatic carbocycles. The third-order valence-corrected chi connectivity index (χ3v) is 2.05. The number of rotatable bonds is 3. The topological polar surface area (TPSA) is 67.5 Å². The van der Waals surface area contributed by atoms with E-state index in [-0.39, 0.29) is 11.2 Å². The molecule has 5 heteroatoms. The van der Waals surface area contributed by atoms with Crippen molar-refractivity contribution in [3.8, 4) is 0 Å². The minimum Gasteiger partial charge on any atom is -0.305 e. The van der Waals surface area contributed by atoms with E-state index in [0.717, 1.165) is 11.3 Å². The molecule has 1 aromatic rings. The second kappa shape index (κ2) is 4.95. The van der Waals surface area contributed by atoms with Gasteiger partial charge in [0.25, 0.3) is 5.69 Å². The molecule has 0 aliphatic heterocycles. The molecule has 1 N–H and O–H groups in total. The van der Waals surface area contributed by atoms with Gasteiger partial charge in [0.15, 0.2) is 0 Å². The van der Waals surface area contributed by atoms with Gasteiger partial charge in [0.05, 0.1) is 10.6 Å². The Morgan fingerprint density at radius 3 is 2.24 bits per heavy atom. The molecule has 0 amide bonds. The highest BCUT2D eigenvalue weighted by molar-refractivity contribution is 5.98. The van der Waals surface area contributed by atoms with Gasteiger partial charge in [-0.2, -0.15) is 5.10 Å². The number of nitrogens with one attached hydrogen (secondary N) is 1. The van der Waals surface area contributed by atoms with Crippen LogP contribution in [-0.4, -0.2) is 16.2 Å². The molecule has 17 heavy (non-hydrogen) atoms. The number of hydrogen-bond acceptors (Lipinski definition) is 4. The Balaban J connectivity index is 2.83. The van der Waals surface area contributed by atoms with Crippen LogP contribution in [0.25, 0.3) is 0 Å². The summed E-state index contributed by atoms with van der Waals surface area (Å²) in [5.41, 5.74) is 4.67. The molecule has 0 aliphatic rings. The monoisotopic (exact) mass is 235 g/mol. The summed E-state index contributed by atoms with van der Waals surface area (Å²) in [6.45, 7) is 7.90. The molecule has 0 unspecified atom stereocenters. The summed E-state index contributed by atoms with van der Waals surface area (Å²) in [5, 5.41) is 14.7. The second-order valence-corrected chi connectivity index (χ2v) is 4.86. The van der Waals surface area contributed by atoms with E-state index >= 15 is 0 Å². The lowest BCUT2D eigenvalue weighted by atomic mass is 10.1. The van der Waals surface area contributed by atoms with Crippen molar-refractivity contribution in [2.45, 2.75) is 33.2 Å². The van der Waals surface area contributed by atoms with Crippen LogP contribution >= 0.6 is 0 Å². The standard InChI is InChI=1S/C12H17N3O2/c1-9(13-14-12(2,3)4)10-5-7-11(8-6-10)15(16)17/h5-8,14H,1-4H3/b13-9-. The number of nitro benzene ring substituents is 1. The fourth-order valence-corrected chi connectivity index (χ4v) is 1.14. The van der Waals surface area contributed by atoms with Gasteiger partial charge in [0.1, 0.15) is 0 Å². The Morgan fingerprint density at radius 1 is 1.29 bits per heavy atom. The van der Waals surface area contributed by atoms with E-state index in [2.05, 4.69) is 10.5 Å². The predicted octanol–water partition coefficient (Wildman–Crippen LogP) is 2.71. The molecule has 0 heterocycles. The van der Waals surface area contributed by atoms with Crippen molar-refractivity contribution in [3.63, 3.8) is 0 Å². The lowest BCUT2D eigenvalue weighted by Gasteiger charge is -2.18. The summed E-state index contributed by atoms with van der Waals surface area (Å²) >= 11 is 0. The van der Waals surface area contributed by atoms with E-state index in [1.54, 1.807) is 12.1 Å². The molecule has 0 aliphatic carbocycles. The van der Waals surface area contributed by atoms with Crippen LogP contribution in [0.5, 0.6) is 0 Å². The molecule has 0 radical (unpaired) electrons. The zero-order chi connectivity index (χ0) is 13.1. The van der Waals surface area contributed by atoms with Gasteiger partial charge in [0, 0.05) is 17.7 Å². The molecular formula is C12H17N3O2. The second-order valence-electron chi connectivity index (χ2n) is 4.86. The average Bonchev–Trinajstić information content (AvgIpc) is 2.25. The third kappa shape index (κ3) is 4.22. The summed E-state index contributed by atoms with van der Waals surface area (Å²) < 4.78 is 0. The highest BCUT2D eigenvalue weighted by Crippen LogP contribution is 2.12. The molecule has 0 aromatic heterocycles. The van der Waals surface area contributed by atoms with Crippen molar-refractivity contribution >= 4 is 11.4 Å². The zero-order valence-corrected chi connectivity index (χ0v) is 10.5. The van der Waals surface area contributed by atoms with E-state index in [1.165, 1.54) is 12.1 Å². The maximum absolute atomic E-state index is 10.5. The Hall–Kier alpha value is -1.91. The van der Waals surface area contributed by atoms with E-state index in [9.17, 15) is 10.1 Å². The van der Waals surface area contributed by atoms with Crippen LogP contribution in [-0.2, 0) is 0 Å². The van der Waals surface area contributed by atoms with E-state index < -0.39 is 4.92 Å². The fourth-order valence-electron chi connectivity index (χ4n) is 1.14. The van der Waals surface area contributed by atoms with Crippen LogP contribution in [0.1, 0.15) is 33.3 Å². The van der Waals surface area contributed by atoms with Gasteiger partial charge in [-0.05, 0) is 45.4 Å². The zero-order valence-electron chi connectivity index (χ0n) is 10.5. The van der Waals surface area contributed by atoms with Crippen LogP contribution in [0.3, 0.4) is 0 Å². The summed E-state index contributed by atoms with van der Waals surface area (Å²) in [4.78, 5) is 10.1. The van der Waals surface area contributed by atoms with Crippen molar-refractivity contribution in [1.82, 2.24) is 5.43 Å². The van der Waals surface area contributed by atoms with Crippen molar-refractivity contribution in [3.05, 3.63) is 39.9 Å². The molecule has 0 saturated heterocycles. The van der Waals surface area contributed by atoms with E-state index in [0.29, 0.717) is 0 Å². The largest absolute Gasteiger partial charge is 0.305 e. The maximum Gasteiger partial charge on any atom is 0.269 e. The fraction of sp³-hybridized carbons (Fsp3) is 0.417. The quantitative estimate of drug-likeness (QED) is 0.497. The lowest BCUT2D eigenvalue weighted by Crippen LogP contribution is -2.32. The Morgan fingerprint density at radius 2 is 1.82 bits per heavy atom. The van der Waals surface area contributed by atoms with Gasteiger partial charge in [-0.25, -0.2) is 0 Å². The molecule has 0 saturated carbocycles. The van der Waals surface area contributed by atoms with Crippen molar-refractivity contribution in [2.24, 2.45) is 5.10 Å². The van der Waals surface area contributed by atoms with Gasteiger partial charge >= 0.3 is 0 Å². The van der Waals surface area contributed by atoms with Crippen LogP contribution in [0.15, 0.2) is 29.4 Å². The highest BCUT2D eigenvalue weighted by Gasteiger charge is 2.08. The van der Waals surface area contributed by atoms with Gasteiger partial charge in [-0.3, -0.25) is 10.1 Å². The minimum atomic E-state index is -0.413. The first kappa shape index (κ1) is 13.2. The van der Waals surface area contributed by atoms with Gasteiger partial charge in [0.2, 0.25) is 0 Å². The summed E-state index contributed by atoms with van der Waals surface area (Å²) in [6, 6.07) is 6.35. The molecule has 1 rings (SSSR count). The van der Waals surface area contributed by atoms with Gasteiger partial charge < -0.3 is 5.43 Å². The maximum atomic E-state index is 10.5. The number of hydrazone groups is 1. The number of non-ortho nitro benzene ring substituents is 1. The van der Waals surface area contributed by atoms with Crippen molar-refractivity contribution in [2.75, 3.05) is 0 Å². The normalized spacial score (nSPS) is 12.4. The Bertz CT molecular complexity index is 430. The molecule has 92 valence electrons. The first-order chi connectivity index (χ1) is 7.79. The minimum absolute atomic E-state index is 0.0883. The van der Waals surface area contributed by atoms with Gasteiger partial charge in [-0.15, -0.1) is 0 Å². The number of nitro groups is 1. The highest BCUT2D eigenvalue weighted by atomic mass is 16.6. The SMILES string of the molecule is C/C(=N/NC(C)(C)C)c1ccc([N+](=O)[O-])cc1. The van der Waals surface area contributed by atoms with Crippen molar-refractivity contribution < 1.29 is 4.92 Å². The van der Waals surface area contributed by atoms with E-state index in [1.807, 2.05) is 27.7 Å². The summed E-state index contributed by atoms with van der Waals surface area (Å²) in [5.74, 6) is 0. The number of benzene rings is 1. The molecule has 0 atom stereocenters. The molecule has 5 nitrogen and oxygen atoms in total. The molecule has 0 fully saturated rings. The Kier molecular flexibility index (Phi) is 3.83. The smallest absolute Gasteiger partial charge is 0.269 e. The van der Waals surface area contributed by atoms with Crippen molar-refractivity contribution in [1.29, 1.82) is 0 Å². The first-order valence-electron chi connectivity index (χ1n) is 5.36. The van der Waals surface area contributed by atoms with E-state index in [4.69, 9.17) is 0 Å². The first-order valence-corrected chi connectivity index (χ1v) is 5.36. The van der Waals surface area contributed by atoms with Crippen LogP contribution < -0.4 is 5.43 Å². The molecular weight excluding hydrogens is 218 g/mol. The van der Waals surface area contributed by atoms with Crippen LogP contribution in [0.4, 0.5) is 5.69 Å². The molecule has 0 spiro atoms. The third-order valence-electron chi connectivity index (χ3n) is 2.05. The number of nitrogens with zero attached hydrogens (tertiary/aromatic N) is 2. The van der Waals surface area contributed by atoms with Crippen LogP contribution in [0.2, 0.25) is 0 Å². The Labute approximate surface area is 101 Å². The average molecular weight is 235 g/mol.